The third-order valence-corrected chi connectivity index (χ3v) is 3.07. The van der Waals surface area contributed by atoms with Gasteiger partial charge in [0, 0.05) is 18.3 Å². The van der Waals surface area contributed by atoms with Crippen LogP contribution in [0.1, 0.15) is 47.2 Å². The molecule has 0 aliphatic heterocycles. The number of nitrogens with zero attached hydrogens (tertiary/aromatic N) is 1. The SMILES string of the molecule is CC(C)(C)OC(=O)N[C@@H](Cc1cn(C(=O)OC(C)(C)C)c(=S)[nH]1)C(=O)O. The van der Waals surface area contributed by atoms with E-state index in [-0.39, 0.29) is 11.2 Å². The van der Waals surface area contributed by atoms with Crippen molar-refractivity contribution in [3.05, 3.63) is 16.7 Å². The summed E-state index contributed by atoms with van der Waals surface area (Å²) in [4.78, 5) is 38.0. The monoisotopic (exact) mass is 387 g/mol. The molecule has 1 amide bonds. The van der Waals surface area contributed by atoms with E-state index in [1.807, 2.05) is 0 Å². The zero-order chi connectivity index (χ0) is 20.3. The molecule has 0 aromatic carbocycles. The summed E-state index contributed by atoms with van der Waals surface area (Å²) in [5, 5.41) is 11.6. The molecule has 0 aliphatic rings. The Morgan fingerprint density at radius 2 is 1.73 bits per heavy atom. The minimum atomic E-state index is -1.26. The standard InChI is InChI=1S/C16H25N3O6S/c1-15(2,3)24-13(22)18-10(11(20)21)7-9-8-19(12(26)17-9)14(23)25-16(4,5)6/h8,10H,7H2,1-6H3,(H,17,26)(H,18,22)(H,20,21)/t10-/m0/s1. The van der Waals surface area contributed by atoms with Crippen molar-refractivity contribution in [2.24, 2.45) is 0 Å². The maximum absolute atomic E-state index is 12.1. The highest BCUT2D eigenvalue weighted by atomic mass is 32.1. The normalized spacial score (nSPS) is 13.0. The molecule has 26 heavy (non-hydrogen) atoms. The summed E-state index contributed by atoms with van der Waals surface area (Å²) in [5.41, 5.74) is -1.11. The summed E-state index contributed by atoms with van der Waals surface area (Å²) in [6.07, 6.45) is -0.302. The molecule has 1 aromatic heterocycles. The molecule has 0 unspecified atom stereocenters. The van der Waals surface area contributed by atoms with Gasteiger partial charge in [-0.3, -0.25) is 0 Å². The van der Waals surface area contributed by atoms with Gasteiger partial charge in [0.05, 0.1) is 0 Å². The number of carboxylic acid groups (broad SMARTS) is 1. The van der Waals surface area contributed by atoms with Gasteiger partial charge in [-0.25, -0.2) is 19.0 Å². The summed E-state index contributed by atoms with van der Waals surface area (Å²) in [6.45, 7) is 10.1. The van der Waals surface area contributed by atoms with Crippen molar-refractivity contribution in [1.29, 1.82) is 0 Å². The molecule has 10 heteroatoms. The number of carbonyl (C=O) groups is 3. The second-order valence-corrected chi connectivity index (χ2v) is 8.06. The molecule has 1 rings (SSSR count). The smallest absolute Gasteiger partial charge is 0.420 e. The van der Waals surface area contributed by atoms with E-state index in [1.54, 1.807) is 41.5 Å². The van der Waals surface area contributed by atoms with Crippen LogP contribution in [0.2, 0.25) is 0 Å². The number of aromatic amines is 1. The van der Waals surface area contributed by atoms with Crippen molar-refractivity contribution in [3.63, 3.8) is 0 Å². The number of imidazole rings is 1. The van der Waals surface area contributed by atoms with Crippen LogP contribution in [-0.2, 0) is 20.7 Å². The fraction of sp³-hybridized carbons (Fsp3) is 0.625. The van der Waals surface area contributed by atoms with Crippen molar-refractivity contribution < 1.29 is 29.0 Å². The first-order valence-electron chi connectivity index (χ1n) is 7.94. The van der Waals surface area contributed by atoms with E-state index >= 15 is 0 Å². The summed E-state index contributed by atoms with van der Waals surface area (Å²) < 4.78 is 11.4. The van der Waals surface area contributed by atoms with Gasteiger partial charge in [0.2, 0.25) is 0 Å². The zero-order valence-corrected chi connectivity index (χ0v) is 16.5. The minimum absolute atomic E-state index is 0.0654. The molecular formula is C16H25N3O6S. The minimum Gasteiger partial charge on any atom is -0.480 e. The van der Waals surface area contributed by atoms with Crippen molar-refractivity contribution >= 4 is 30.4 Å². The maximum atomic E-state index is 12.1. The van der Waals surface area contributed by atoms with Gasteiger partial charge in [-0.05, 0) is 53.8 Å². The second kappa shape index (κ2) is 7.90. The average molecular weight is 387 g/mol. The predicted octanol–water partition coefficient (Wildman–Crippen LogP) is 2.85. The fourth-order valence-corrected chi connectivity index (χ4v) is 2.12. The van der Waals surface area contributed by atoms with Gasteiger partial charge >= 0.3 is 18.2 Å². The Hall–Kier alpha value is -2.36. The van der Waals surface area contributed by atoms with Gasteiger partial charge in [-0.1, -0.05) is 0 Å². The Morgan fingerprint density at radius 1 is 1.19 bits per heavy atom. The van der Waals surface area contributed by atoms with E-state index in [2.05, 4.69) is 10.3 Å². The molecular weight excluding hydrogens is 362 g/mol. The largest absolute Gasteiger partial charge is 0.480 e. The van der Waals surface area contributed by atoms with Crippen LogP contribution in [0.15, 0.2) is 6.20 Å². The van der Waals surface area contributed by atoms with E-state index in [0.717, 1.165) is 4.57 Å². The lowest BCUT2D eigenvalue weighted by Crippen LogP contribution is -2.44. The van der Waals surface area contributed by atoms with E-state index in [1.165, 1.54) is 6.20 Å². The van der Waals surface area contributed by atoms with Crippen molar-refractivity contribution in [2.45, 2.75) is 65.2 Å². The Balaban J connectivity index is 2.89. The number of rotatable bonds is 4. The molecule has 0 aliphatic carbocycles. The molecule has 0 bridgehead atoms. The molecule has 9 nitrogen and oxygen atoms in total. The summed E-state index contributed by atoms with van der Waals surface area (Å²) in [7, 11) is 0. The average Bonchev–Trinajstić information content (AvgIpc) is 2.74. The number of carboxylic acids is 1. The quantitative estimate of drug-likeness (QED) is 0.679. The molecule has 0 saturated heterocycles. The van der Waals surface area contributed by atoms with Crippen LogP contribution in [-0.4, -0.2) is 50.1 Å². The number of alkyl carbamates (subject to hydrolysis) is 1. The van der Waals surface area contributed by atoms with E-state index < -0.39 is 35.4 Å². The van der Waals surface area contributed by atoms with Crippen LogP contribution in [0.25, 0.3) is 0 Å². The van der Waals surface area contributed by atoms with Crippen molar-refractivity contribution in [3.8, 4) is 0 Å². The number of nitrogens with one attached hydrogen (secondary N) is 2. The first-order chi connectivity index (χ1) is 11.7. The van der Waals surface area contributed by atoms with Crippen LogP contribution in [0.3, 0.4) is 0 Å². The molecule has 1 aromatic rings. The molecule has 1 heterocycles. The van der Waals surface area contributed by atoms with Crippen LogP contribution in [0.5, 0.6) is 0 Å². The van der Waals surface area contributed by atoms with Gasteiger partial charge < -0.3 is 24.9 Å². The third kappa shape index (κ3) is 7.26. The van der Waals surface area contributed by atoms with Gasteiger partial charge in [0.25, 0.3) is 0 Å². The number of amides is 1. The van der Waals surface area contributed by atoms with E-state index in [9.17, 15) is 19.5 Å². The number of hydrogen-bond donors (Lipinski definition) is 3. The first kappa shape index (κ1) is 21.7. The Morgan fingerprint density at radius 3 is 2.19 bits per heavy atom. The fourth-order valence-electron chi connectivity index (χ4n) is 1.86. The molecule has 1 atom stereocenters. The van der Waals surface area contributed by atoms with Crippen LogP contribution >= 0.6 is 12.2 Å². The molecule has 3 N–H and O–H groups in total. The maximum Gasteiger partial charge on any atom is 0.420 e. The number of aliphatic carboxylic acids is 1. The van der Waals surface area contributed by atoms with Gasteiger partial charge in [-0.15, -0.1) is 0 Å². The molecule has 0 fully saturated rings. The number of carbonyl (C=O) groups excluding carboxylic acids is 2. The highest BCUT2D eigenvalue weighted by Crippen LogP contribution is 2.12. The highest BCUT2D eigenvalue weighted by molar-refractivity contribution is 7.71. The lowest BCUT2D eigenvalue weighted by Gasteiger charge is -2.21. The van der Waals surface area contributed by atoms with Crippen molar-refractivity contribution in [1.82, 2.24) is 14.9 Å². The van der Waals surface area contributed by atoms with Gasteiger partial charge in [0.15, 0.2) is 4.77 Å². The molecule has 146 valence electrons. The Labute approximate surface area is 156 Å². The summed E-state index contributed by atoms with van der Waals surface area (Å²) in [6, 6.07) is -1.26. The van der Waals surface area contributed by atoms with Crippen LogP contribution in [0.4, 0.5) is 9.59 Å². The van der Waals surface area contributed by atoms with Crippen LogP contribution < -0.4 is 5.32 Å². The Kier molecular flexibility index (Phi) is 6.59. The van der Waals surface area contributed by atoms with Crippen LogP contribution in [0, 0.1) is 4.77 Å². The molecule has 0 saturated carbocycles. The molecule has 0 spiro atoms. The lowest BCUT2D eigenvalue weighted by molar-refractivity contribution is -0.139. The Bertz CT molecular complexity index is 738. The van der Waals surface area contributed by atoms with Gasteiger partial charge in [0.1, 0.15) is 17.2 Å². The molecule has 0 radical (unpaired) electrons. The third-order valence-electron chi connectivity index (χ3n) is 2.77. The summed E-state index contributed by atoms with van der Waals surface area (Å²) >= 11 is 5.06. The number of H-pyrrole nitrogens is 1. The number of aromatic nitrogens is 2. The predicted molar refractivity (Wildman–Crippen MR) is 95.7 cm³/mol. The first-order valence-corrected chi connectivity index (χ1v) is 8.35. The highest BCUT2D eigenvalue weighted by Gasteiger charge is 2.26. The topological polar surface area (TPSA) is 123 Å². The zero-order valence-electron chi connectivity index (χ0n) is 15.7. The van der Waals surface area contributed by atoms with Crippen molar-refractivity contribution in [2.75, 3.05) is 0 Å². The number of hydrogen-bond acceptors (Lipinski definition) is 6. The lowest BCUT2D eigenvalue weighted by atomic mass is 10.1. The van der Waals surface area contributed by atoms with E-state index in [0.29, 0.717) is 5.69 Å². The second-order valence-electron chi connectivity index (χ2n) is 7.68. The summed E-state index contributed by atoms with van der Waals surface area (Å²) in [5.74, 6) is -1.25. The van der Waals surface area contributed by atoms with Gasteiger partial charge in [-0.2, -0.15) is 0 Å². The number of ether oxygens (including phenoxy) is 2. The van der Waals surface area contributed by atoms with E-state index in [4.69, 9.17) is 21.7 Å².